The van der Waals surface area contributed by atoms with E-state index in [2.05, 4.69) is 32.8 Å². The molecule has 1 amide bonds. The summed E-state index contributed by atoms with van der Waals surface area (Å²) in [6.07, 6.45) is 6.70. The highest BCUT2D eigenvalue weighted by Crippen LogP contribution is 2.24. The zero-order valence-corrected chi connectivity index (χ0v) is 13.2. The van der Waals surface area contributed by atoms with Crippen LogP contribution < -0.4 is 5.32 Å². The zero-order valence-electron chi connectivity index (χ0n) is 12.4. The number of pyridine rings is 1. The van der Waals surface area contributed by atoms with E-state index in [0.717, 1.165) is 34.6 Å². The summed E-state index contributed by atoms with van der Waals surface area (Å²) in [5.74, 6) is 0.000575. The van der Waals surface area contributed by atoms with Crippen molar-refractivity contribution in [3.63, 3.8) is 0 Å². The third kappa shape index (κ3) is 2.83. The molecule has 5 heteroatoms. The van der Waals surface area contributed by atoms with Crippen molar-refractivity contribution in [1.29, 1.82) is 0 Å². The van der Waals surface area contributed by atoms with Crippen molar-refractivity contribution < 1.29 is 4.79 Å². The molecule has 23 heavy (non-hydrogen) atoms. The number of H-pyrrole nitrogens is 1. The van der Waals surface area contributed by atoms with Gasteiger partial charge in [0.05, 0.1) is 11.3 Å². The summed E-state index contributed by atoms with van der Waals surface area (Å²) in [4.78, 5) is 20.8. The highest BCUT2D eigenvalue weighted by atomic mass is 32.1. The first kappa shape index (κ1) is 14.0. The Morgan fingerprint density at radius 2 is 2.17 bits per heavy atom. The number of carbonyl (C=O) groups is 1. The monoisotopic (exact) mass is 321 g/mol. The molecule has 3 aromatic rings. The number of carbonyl (C=O) groups excluding carboxylic acids is 1. The Morgan fingerprint density at radius 1 is 1.22 bits per heavy atom. The number of fused-ring (bicyclic) bond motifs is 1. The average molecular weight is 321 g/mol. The lowest BCUT2D eigenvalue weighted by Gasteiger charge is -2.10. The molecule has 0 spiro atoms. The van der Waals surface area contributed by atoms with Gasteiger partial charge in [-0.15, -0.1) is 11.3 Å². The molecule has 3 aromatic heterocycles. The maximum absolute atomic E-state index is 11.9. The molecule has 0 unspecified atom stereocenters. The van der Waals surface area contributed by atoms with Gasteiger partial charge in [-0.05, 0) is 41.8 Å². The smallest absolute Gasteiger partial charge is 0.253 e. The highest BCUT2D eigenvalue weighted by molar-refractivity contribution is 7.10. The number of aromatic nitrogens is 2. The maximum atomic E-state index is 11.9. The Hall–Kier alpha value is -2.66. The largest absolute Gasteiger partial charge is 0.358 e. The topological polar surface area (TPSA) is 57.8 Å². The summed E-state index contributed by atoms with van der Waals surface area (Å²) < 4.78 is 0. The van der Waals surface area contributed by atoms with Crippen LogP contribution in [0, 0.1) is 0 Å². The molecule has 1 aliphatic rings. The van der Waals surface area contributed by atoms with Crippen molar-refractivity contribution >= 4 is 29.4 Å². The molecule has 0 bridgehead atoms. The fraction of sp³-hybridized carbons (Fsp3) is 0.111. The first-order valence-corrected chi connectivity index (χ1v) is 8.36. The summed E-state index contributed by atoms with van der Waals surface area (Å²) in [6.45, 7) is 0.691. The van der Waals surface area contributed by atoms with Gasteiger partial charge in [0, 0.05) is 41.0 Å². The second-order valence-electron chi connectivity index (χ2n) is 5.40. The van der Waals surface area contributed by atoms with Crippen LogP contribution in [0.25, 0.3) is 23.4 Å². The number of aromatic amines is 1. The lowest BCUT2D eigenvalue weighted by molar-refractivity contribution is 0.0946. The first-order chi connectivity index (χ1) is 11.3. The van der Waals surface area contributed by atoms with Crippen LogP contribution in [0.1, 0.15) is 26.6 Å². The number of nitrogens with one attached hydrogen (secondary N) is 2. The number of hydrogen-bond donors (Lipinski definition) is 2. The first-order valence-electron chi connectivity index (χ1n) is 7.48. The van der Waals surface area contributed by atoms with E-state index >= 15 is 0 Å². The second kappa shape index (κ2) is 5.85. The Labute approximate surface area is 137 Å². The number of hydrogen-bond acceptors (Lipinski definition) is 3. The Kier molecular flexibility index (Phi) is 3.55. The summed E-state index contributed by atoms with van der Waals surface area (Å²) in [5.41, 5.74) is 4.65. The minimum atomic E-state index is 0.000575. The van der Waals surface area contributed by atoms with Crippen molar-refractivity contribution in [3.8, 4) is 11.3 Å². The molecule has 0 radical (unpaired) electrons. The van der Waals surface area contributed by atoms with E-state index in [4.69, 9.17) is 0 Å². The fourth-order valence-corrected chi connectivity index (χ4v) is 3.33. The zero-order chi connectivity index (χ0) is 15.6. The van der Waals surface area contributed by atoms with Gasteiger partial charge in [0.15, 0.2) is 0 Å². The molecule has 0 atom stereocenters. The standard InChI is InChI=1S/C18H15N3OS/c22-18-15-11-17(21-16(15)6-8-20-18)12-5-7-19-13(10-12)3-4-14-2-1-9-23-14/h1-5,7,9-11,21H,6,8H2,(H,20,22)/b4-3+. The maximum Gasteiger partial charge on any atom is 0.253 e. The quantitative estimate of drug-likeness (QED) is 0.774. The fourth-order valence-electron chi connectivity index (χ4n) is 2.71. The molecule has 114 valence electrons. The Balaban J connectivity index is 1.65. The van der Waals surface area contributed by atoms with Crippen LogP contribution >= 0.6 is 11.3 Å². The van der Waals surface area contributed by atoms with E-state index in [1.807, 2.05) is 30.3 Å². The van der Waals surface area contributed by atoms with Gasteiger partial charge in [-0.1, -0.05) is 6.07 Å². The third-order valence-corrected chi connectivity index (χ3v) is 4.70. The molecule has 4 nitrogen and oxygen atoms in total. The summed E-state index contributed by atoms with van der Waals surface area (Å²) in [7, 11) is 0. The summed E-state index contributed by atoms with van der Waals surface area (Å²) in [5, 5.41) is 4.92. The second-order valence-corrected chi connectivity index (χ2v) is 6.38. The Morgan fingerprint density at radius 3 is 3.00 bits per heavy atom. The van der Waals surface area contributed by atoms with Crippen LogP contribution in [0.4, 0.5) is 0 Å². The molecule has 0 saturated heterocycles. The van der Waals surface area contributed by atoms with Gasteiger partial charge in [-0.2, -0.15) is 0 Å². The van der Waals surface area contributed by atoms with Crippen LogP contribution in [-0.2, 0) is 6.42 Å². The summed E-state index contributed by atoms with van der Waals surface area (Å²) >= 11 is 1.70. The van der Waals surface area contributed by atoms with Crippen molar-refractivity contribution in [2.75, 3.05) is 6.54 Å². The van der Waals surface area contributed by atoms with E-state index in [-0.39, 0.29) is 5.91 Å². The lowest BCUT2D eigenvalue weighted by atomic mass is 10.1. The van der Waals surface area contributed by atoms with E-state index < -0.39 is 0 Å². The van der Waals surface area contributed by atoms with Gasteiger partial charge >= 0.3 is 0 Å². The molecular formula is C18H15N3OS. The van der Waals surface area contributed by atoms with Crippen LogP contribution in [0.2, 0.25) is 0 Å². The van der Waals surface area contributed by atoms with E-state index in [1.54, 1.807) is 17.5 Å². The normalized spacial score (nSPS) is 14.0. The lowest BCUT2D eigenvalue weighted by Crippen LogP contribution is -2.31. The molecule has 2 N–H and O–H groups in total. The van der Waals surface area contributed by atoms with Crippen molar-refractivity contribution in [3.05, 3.63) is 63.7 Å². The number of rotatable bonds is 3. The van der Waals surface area contributed by atoms with Gasteiger partial charge in [0.25, 0.3) is 5.91 Å². The van der Waals surface area contributed by atoms with Crippen LogP contribution in [-0.4, -0.2) is 22.4 Å². The van der Waals surface area contributed by atoms with Crippen LogP contribution in [0.15, 0.2) is 41.9 Å². The van der Waals surface area contributed by atoms with Gasteiger partial charge in [0.2, 0.25) is 0 Å². The van der Waals surface area contributed by atoms with Gasteiger partial charge < -0.3 is 10.3 Å². The van der Waals surface area contributed by atoms with Crippen molar-refractivity contribution in [2.45, 2.75) is 6.42 Å². The highest BCUT2D eigenvalue weighted by Gasteiger charge is 2.19. The molecule has 0 aromatic carbocycles. The van der Waals surface area contributed by atoms with Gasteiger partial charge in [-0.25, -0.2) is 0 Å². The third-order valence-electron chi connectivity index (χ3n) is 3.86. The van der Waals surface area contributed by atoms with E-state index in [0.29, 0.717) is 6.54 Å². The number of thiophene rings is 1. The molecular weight excluding hydrogens is 306 g/mol. The van der Waals surface area contributed by atoms with Gasteiger partial charge in [-0.3, -0.25) is 9.78 Å². The number of amides is 1. The minimum absolute atomic E-state index is 0.000575. The minimum Gasteiger partial charge on any atom is -0.358 e. The summed E-state index contributed by atoms with van der Waals surface area (Å²) in [6, 6.07) is 10.0. The molecule has 0 fully saturated rings. The molecule has 1 aliphatic heterocycles. The SMILES string of the molecule is O=C1NCCc2[nH]c(-c3ccnc(/C=C/c4cccs4)c3)cc21. The van der Waals surface area contributed by atoms with Crippen LogP contribution in [0.5, 0.6) is 0 Å². The predicted molar refractivity (Wildman–Crippen MR) is 93.3 cm³/mol. The Bertz CT molecular complexity index is 878. The van der Waals surface area contributed by atoms with Crippen LogP contribution in [0.3, 0.4) is 0 Å². The average Bonchev–Trinajstić information content (AvgIpc) is 3.23. The van der Waals surface area contributed by atoms with Crippen molar-refractivity contribution in [1.82, 2.24) is 15.3 Å². The van der Waals surface area contributed by atoms with E-state index in [9.17, 15) is 4.79 Å². The van der Waals surface area contributed by atoms with Crippen molar-refractivity contribution in [2.24, 2.45) is 0 Å². The number of nitrogens with zero attached hydrogens (tertiary/aromatic N) is 1. The molecule has 4 heterocycles. The van der Waals surface area contributed by atoms with Gasteiger partial charge in [0.1, 0.15) is 0 Å². The molecule has 0 aliphatic carbocycles. The molecule has 0 saturated carbocycles. The van der Waals surface area contributed by atoms with E-state index in [1.165, 1.54) is 4.88 Å². The predicted octanol–water partition coefficient (Wildman–Crippen LogP) is 3.59. The molecule has 4 rings (SSSR count).